The Hall–Kier alpha value is -2.76. The number of alkyl halides is 6. The molecule has 3 aromatic carbocycles. The molecule has 6 heteroatoms. The van der Waals surface area contributed by atoms with Crippen LogP contribution in [0.25, 0.3) is 22.3 Å². The van der Waals surface area contributed by atoms with Gasteiger partial charge >= 0.3 is 12.4 Å². The predicted molar refractivity (Wildman–Crippen MR) is 86.2 cm³/mol. The molecule has 0 aromatic heterocycles. The Bertz CT molecular complexity index is 845. The van der Waals surface area contributed by atoms with Crippen LogP contribution in [0.3, 0.4) is 0 Å². The van der Waals surface area contributed by atoms with Crippen molar-refractivity contribution in [2.45, 2.75) is 12.4 Å². The Morgan fingerprint density at radius 1 is 0.538 bits per heavy atom. The van der Waals surface area contributed by atoms with Crippen molar-refractivity contribution in [3.8, 4) is 22.3 Å². The number of hydrogen-bond acceptors (Lipinski definition) is 0. The van der Waals surface area contributed by atoms with E-state index >= 15 is 0 Å². The first-order valence-corrected chi connectivity index (χ1v) is 7.53. The van der Waals surface area contributed by atoms with Crippen molar-refractivity contribution in [2.75, 3.05) is 0 Å². The van der Waals surface area contributed by atoms with Crippen LogP contribution in [0.4, 0.5) is 26.3 Å². The van der Waals surface area contributed by atoms with Gasteiger partial charge in [-0.25, -0.2) is 0 Å². The molecule has 0 N–H and O–H groups in total. The fourth-order valence-corrected chi connectivity index (χ4v) is 2.80. The zero-order valence-electron chi connectivity index (χ0n) is 13.1. The minimum Gasteiger partial charge on any atom is -0.166 e. The lowest BCUT2D eigenvalue weighted by atomic mass is 9.89. The highest BCUT2D eigenvalue weighted by Crippen LogP contribution is 2.43. The zero-order chi connectivity index (χ0) is 18.9. The topological polar surface area (TPSA) is 0 Å². The number of benzene rings is 3. The third kappa shape index (κ3) is 3.45. The number of hydrogen-bond donors (Lipinski definition) is 0. The van der Waals surface area contributed by atoms with Crippen LogP contribution in [0.1, 0.15) is 11.1 Å². The van der Waals surface area contributed by atoms with Crippen LogP contribution in [-0.4, -0.2) is 0 Å². The molecular formula is C20H11F6. The SMILES string of the molecule is FC(F)(F)c1ccccc1-c1[c]cccc1-c1ccccc1C(F)(F)F. The van der Waals surface area contributed by atoms with Gasteiger partial charge in [-0.15, -0.1) is 0 Å². The van der Waals surface area contributed by atoms with Crippen LogP contribution >= 0.6 is 0 Å². The molecule has 3 rings (SSSR count). The Labute approximate surface area is 145 Å². The lowest BCUT2D eigenvalue weighted by Gasteiger charge is -2.18. The van der Waals surface area contributed by atoms with Crippen LogP contribution in [0.15, 0.2) is 66.7 Å². The minimum absolute atomic E-state index is 0.0304. The summed E-state index contributed by atoms with van der Waals surface area (Å²) in [7, 11) is 0. The van der Waals surface area contributed by atoms with Gasteiger partial charge in [-0.3, -0.25) is 0 Å². The minimum atomic E-state index is -4.64. The third-order valence-electron chi connectivity index (χ3n) is 3.88. The summed E-state index contributed by atoms with van der Waals surface area (Å²) in [5.74, 6) is 0. The first-order chi connectivity index (χ1) is 12.2. The van der Waals surface area contributed by atoms with Crippen molar-refractivity contribution in [1.82, 2.24) is 0 Å². The van der Waals surface area contributed by atoms with E-state index in [1.165, 1.54) is 54.6 Å². The molecule has 0 amide bonds. The van der Waals surface area contributed by atoms with Crippen molar-refractivity contribution >= 4 is 0 Å². The van der Waals surface area contributed by atoms with E-state index in [2.05, 4.69) is 6.07 Å². The first kappa shape index (κ1) is 18.0. The van der Waals surface area contributed by atoms with Gasteiger partial charge in [0.05, 0.1) is 11.1 Å². The first-order valence-electron chi connectivity index (χ1n) is 7.53. The molecule has 0 fully saturated rings. The highest BCUT2D eigenvalue weighted by Gasteiger charge is 2.36. The molecule has 0 aliphatic rings. The third-order valence-corrected chi connectivity index (χ3v) is 3.88. The maximum absolute atomic E-state index is 13.3. The van der Waals surface area contributed by atoms with E-state index in [1.807, 2.05) is 0 Å². The van der Waals surface area contributed by atoms with E-state index in [1.54, 1.807) is 0 Å². The quantitative estimate of drug-likeness (QED) is 0.435. The van der Waals surface area contributed by atoms with Gasteiger partial charge in [0.25, 0.3) is 0 Å². The molecule has 0 bridgehead atoms. The van der Waals surface area contributed by atoms with E-state index in [9.17, 15) is 26.3 Å². The van der Waals surface area contributed by atoms with Gasteiger partial charge in [0, 0.05) is 0 Å². The van der Waals surface area contributed by atoms with Crippen LogP contribution < -0.4 is 0 Å². The Balaban J connectivity index is 2.29. The fourth-order valence-electron chi connectivity index (χ4n) is 2.80. The molecule has 0 spiro atoms. The van der Waals surface area contributed by atoms with Crippen LogP contribution in [0.2, 0.25) is 0 Å². The Morgan fingerprint density at radius 3 is 1.58 bits per heavy atom. The summed E-state index contributed by atoms with van der Waals surface area (Å²) in [5.41, 5.74) is -2.23. The second-order valence-electron chi connectivity index (χ2n) is 5.55. The van der Waals surface area contributed by atoms with E-state index in [4.69, 9.17) is 0 Å². The number of rotatable bonds is 2. The summed E-state index contributed by atoms with van der Waals surface area (Å²) in [6.45, 7) is 0. The normalized spacial score (nSPS) is 12.2. The zero-order valence-corrected chi connectivity index (χ0v) is 13.1. The smallest absolute Gasteiger partial charge is 0.166 e. The van der Waals surface area contributed by atoms with Crippen molar-refractivity contribution in [3.05, 3.63) is 83.9 Å². The summed E-state index contributed by atoms with van der Waals surface area (Å²) in [4.78, 5) is 0. The van der Waals surface area contributed by atoms with Gasteiger partial charge in [-0.05, 0) is 40.5 Å². The average molecular weight is 365 g/mol. The highest BCUT2D eigenvalue weighted by atomic mass is 19.4. The molecule has 0 saturated heterocycles. The molecule has 0 aliphatic heterocycles. The van der Waals surface area contributed by atoms with Crippen LogP contribution in [0, 0.1) is 6.07 Å². The molecular weight excluding hydrogens is 354 g/mol. The maximum atomic E-state index is 13.3. The summed E-state index contributed by atoms with van der Waals surface area (Å²) >= 11 is 0. The van der Waals surface area contributed by atoms with E-state index in [-0.39, 0.29) is 22.3 Å². The van der Waals surface area contributed by atoms with Crippen molar-refractivity contribution in [2.24, 2.45) is 0 Å². The van der Waals surface area contributed by atoms with Gasteiger partial charge in [0.15, 0.2) is 0 Å². The second kappa shape index (κ2) is 6.52. The maximum Gasteiger partial charge on any atom is 0.417 e. The molecule has 0 nitrogen and oxygen atoms in total. The van der Waals surface area contributed by atoms with Gasteiger partial charge in [-0.2, -0.15) is 26.3 Å². The van der Waals surface area contributed by atoms with Gasteiger partial charge in [0.1, 0.15) is 0 Å². The summed E-state index contributed by atoms with van der Waals surface area (Å²) in [6, 6.07) is 16.4. The van der Waals surface area contributed by atoms with E-state index in [0.717, 1.165) is 12.1 Å². The Morgan fingerprint density at radius 2 is 1.00 bits per heavy atom. The summed E-state index contributed by atoms with van der Waals surface area (Å²) in [5, 5.41) is 0. The summed E-state index contributed by atoms with van der Waals surface area (Å²) < 4.78 is 80.1. The van der Waals surface area contributed by atoms with Crippen molar-refractivity contribution in [1.29, 1.82) is 0 Å². The van der Waals surface area contributed by atoms with Gasteiger partial charge < -0.3 is 0 Å². The lowest BCUT2D eigenvalue weighted by molar-refractivity contribution is -0.138. The molecule has 0 heterocycles. The van der Waals surface area contributed by atoms with E-state index < -0.39 is 23.5 Å². The highest BCUT2D eigenvalue weighted by molar-refractivity contribution is 5.86. The molecule has 0 saturated carbocycles. The molecule has 0 aliphatic carbocycles. The molecule has 133 valence electrons. The van der Waals surface area contributed by atoms with Gasteiger partial charge in [0.2, 0.25) is 0 Å². The lowest BCUT2D eigenvalue weighted by Crippen LogP contribution is -2.09. The average Bonchev–Trinajstić information content (AvgIpc) is 2.60. The monoisotopic (exact) mass is 365 g/mol. The second-order valence-corrected chi connectivity index (χ2v) is 5.55. The number of halogens is 6. The Kier molecular flexibility index (Phi) is 4.52. The van der Waals surface area contributed by atoms with Crippen molar-refractivity contribution in [3.63, 3.8) is 0 Å². The summed E-state index contributed by atoms with van der Waals surface area (Å²) in [6.07, 6.45) is -9.27. The molecule has 3 aromatic rings. The van der Waals surface area contributed by atoms with Gasteiger partial charge in [-0.1, -0.05) is 54.6 Å². The largest absolute Gasteiger partial charge is 0.417 e. The molecule has 1 radical (unpaired) electrons. The van der Waals surface area contributed by atoms with Crippen LogP contribution in [-0.2, 0) is 12.4 Å². The van der Waals surface area contributed by atoms with Crippen LogP contribution in [0.5, 0.6) is 0 Å². The van der Waals surface area contributed by atoms with E-state index in [0.29, 0.717) is 0 Å². The predicted octanol–water partition coefficient (Wildman–Crippen LogP) is 6.86. The fraction of sp³-hybridized carbons (Fsp3) is 0.100. The van der Waals surface area contributed by atoms with Crippen molar-refractivity contribution < 1.29 is 26.3 Å². The molecule has 26 heavy (non-hydrogen) atoms. The molecule has 0 atom stereocenters. The standard InChI is InChI=1S/C20H11F6/c21-19(22,23)17-11-5-3-9-15(17)13-7-1-2-8-14(13)16-10-4-6-12-18(16)20(24,25)26/h1-7,9-12H. The molecule has 0 unspecified atom stereocenters.